The summed E-state index contributed by atoms with van der Waals surface area (Å²) in [4.78, 5) is 17.9. The quantitative estimate of drug-likeness (QED) is 0.411. The van der Waals surface area contributed by atoms with Crippen LogP contribution in [0.25, 0.3) is 20.4 Å². The van der Waals surface area contributed by atoms with E-state index in [4.69, 9.17) is 24.2 Å². The maximum atomic E-state index is 5.58. The van der Waals surface area contributed by atoms with Crippen molar-refractivity contribution in [2.24, 2.45) is 0 Å². The van der Waals surface area contributed by atoms with Gasteiger partial charge in [0.15, 0.2) is 11.5 Å². The molecule has 8 nitrogen and oxygen atoms in total. The first-order valence-electron chi connectivity index (χ1n) is 12.1. The van der Waals surface area contributed by atoms with Gasteiger partial charge in [0.2, 0.25) is 0 Å². The lowest BCUT2D eigenvalue weighted by Gasteiger charge is -2.29. The van der Waals surface area contributed by atoms with Crippen LogP contribution in [0.2, 0.25) is 0 Å². The van der Waals surface area contributed by atoms with Crippen LogP contribution < -0.4 is 19.7 Å². The van der Waals surface area contributed by atoms with Crippen LogP contribution in [-0.4, -0.2) is 62.0 Å². The van der Waals surface area contributed by atoms with Crippen molar-refractivity contribution in [2.45, 2.75) is 25.7 Å². The van der Waals surface area contributed by atoms with E-state index in [-0.39, 0.29) is 0 Å². The molecule has 0 radical (unpaired) electrons. The van der Waals surface area contributed by atoms with Crippen molar-refractivity contribution in [1.82, 2.24) is 15.0 Å². The van der Waals surface area contributed by atoms with Crippen LogP contribution in [0.1, 0.15) is 23.1 Å². The maximum absolute atomic E-state index is 5.58. The Morgan fingerprint density at radius 1 is 1.06 bits per heavy atom. The Hall–Kier alpha value is -3.17. The van der Waals surface area contributed by atoms with Gasteiger partial charge in [0.25, 0.3) is 0 Å². The lowest BCUT2D eigenvalue weighted by molar-refractivity contribution is 0.122. The minimum absolute atomic E-state index is 0.739. The first-order valence-corrected chi connectivity index (χ1v) is 12.9. The van der Waals surface area contributed by atoms with Crippen molar-refractivity contribution in [3.63, 3.8) is 0 Å². The molecule has 1 N–H and O–H groups in total. The number of nitrogens with zero attached hydrogens (tertiary/aromatic N) is 4. The zero-order chi connectivity index (χ0) is 23.8. The number of aromatic nitrogens is 3. The van der Waals surface area contributed by atoms with Crippen molar-refractivity contribution in [3.05, 3.63) is 41.2 Å². The number of aryl methyl sites for hydroxylation is 1. The van der Waals surface area contributed by atoms with Crippen molar-refractivity contribution < 1.29 is 14.2 Å². The Balaban J connectivity index is 1.31. The number of hydrogen-bond donors (Lipinski definition) is 1. The SMILES string of the molecule is COc1ccc(CCNc2ncnc3c2sc2nc(N4CCOCC4)c4c(c23)CCC4)cc1OC. The highest BCUT2D eigenvalue weighted by Crippen LogP contribution is 2.43. The van der Waals surface area contributed by atoms with E-state index in [9.17, 15) is 0 Å². The number of thiophene rings is 1. The number of anilines is 2. The monoisotopic (exact) mass is 491 g/mol. The number of nitrogens with one attached hydrogen (secondary N) is 1. The summed E-state index contributed by atoms with van der Waals surface area (Å²) in [5.41, 5.74) is 5.03. The number of methoxy groups -OCH3 is 2. The molecule has 0 amide bonds. The number of benzene rings is 1. The Morgan fingerprint density at radius 2 is 1.89 bits per heavy atom. The van der Waals surface area contributed by atoms with E-state index in [1.165, 1.54) is 28.5 Å². The molecule has 0 saturated carbocycles. The molecule has 182 valence electrons. The minimum atomic E-state index is 0.739. The van der Waals surface area contributed by atoms with Crippen molar-refractivity contribution in [3.8, 4) is 11.5 Å². The summed E-state index contributed by atoms with van der Waals surface area (Å²) in [6.07, 6.45) is 5.86. The molecule has 1 aromatic carbocycles. The number of fused-ring (bicyclic) bond motifs is 5. The molecule has 6 rings (SSSR count). The Kier molecular flexibility index (Phi) is 6.03. The topological polar surface area (TPSA) is 81.6 Å². The molecule has 0 atom stereocenters. The number of ether oxygens (including phenoxy) is 3. The number of pyridine rings is 1. The van der Waals surface area contributed by atoms with E-state index < -0.39 is 0 Å². The Bertz CT molecular complexity index is 1380. The van der Waals surface area contributed by atoms with Crippen LogP contribution >= 0.6 is 11.3 Å². The van der Waals surface area contributed by atoms with Crippen molar-refractivity contribution in [1.29, 1.82) is 0 Å². The molecular weight excluding hydrogens is 462 g/mol. The van der Waals surface area contributed by atoms with Crippen molar-refractivity contribution in [2.75, 3.05) is 57.3 Å². The number of morpholine rings is 1. The molecule has 0 spiro atoms. The summed E-state index contributed by atoms with van der Waals surface area (Å²) in [5, 5.41) is 4.76. The predicted octanol–water partition coefficient (Wildman–Crippen LogP) is 4.24. The molecule has 4 aromatic rings. The molecule has 3 aromatic heterocycles. The van der Waals surface area contributed by atoms with Gasteiger partial charge in [-0.05, 0) is 54.5 Å². The van der Waals surface area contributed by atoms with Gasteiger partial charge in [-0.1, -0.05) is 6.07 Å². The van der Waals surface area contributed by atoms with Gasteiger partial charge in [0.05, 0.1) is 37.6 Å². The fourth-order valence-electron chi connectivity index (χ4n) is 5.20. The van der Waals surface area contributed by atoms with Crippen molar-refractivity contribution >= 4 is 43.4 Å². The highest BCUT2D eigenvalue weighted by atomic mass is 32.1. The second-order valence-corrected chi connectivity index (χ2v) is 9.89. The van der Waals surface area contributed by atoms with E-state index in [0.29, 0.717) is 0 Å². The molecule has 1 saturated heterocycles. The average molecular weight is 492 g/mol. The fraction of sp³-hybridized carbons (Fsp3) is 0.423. The Labute approximate surface area is 208 Å². The van der Waals surface area contributed by atoms with Crippen LogP contribution in [0.15, 0.2) is 24.5 Å². The highest BCUT2D eigenvalue weighted by molar-refractivity contribution is 7.26. The molecule has 0 bridgehead atoms. The average Bonchev–Trinajstić information content (AvgIpc) is 3.53. The fourth-order valence-corrected chi connectivity index (χ4v) is 6.32. The van der Waals surface area contributed by atoms with E-state index in [1.54, 1.807) is 31.9 Å². The minimum Gasteiger partial charge on any atom is -0.493 e. The smallest absolute Gasteiger partial charge is 0.160 e. The second-order valence-electron chi connectivity index (χ2n) is 8.89. The predicted molar refractivity (Wildman–Crippen MR) is 140 cm³/mol. The summed E-state index contributed by atoms with van der Waals surface area (Å²) >= 11 is 1.70. The van der Waals surface area contributed by atoms with E-state index in [2.05, 4.69) is 21.3 Å². The molecule has 4 heterocycles. The summed E-state index contributed by atoms with van der Waals surface area (Å²) in [6.45, 7) is 4.08. The number of rotatable bonds is 7. The van der Waals surface area contributed by atoms with Gasteiger partial charge < -0.3 is 24.4 Å². The molecule has 1 aliphatic carbocycles. The van der Waals surface area contributed by atoms with Crippen LogP contribution in [0.3, 0.4) is 0 Å². The maximum Gasteiger partial charge on any atom is 0.160 e. The van der Waals surface area contributed by atoms with Gasteiger partial charge in [-0.15, -0.1) is 11.3 Å². The van der Waals surface area contributed by atoms with Crippen LogP contribution in [0, 0.1) is 0 Å². The standard InChI is InChI=1S/C26H29N5O3S/c1-32-19-7-6-16(14-20(19)33-2)8-9-27-24-23-22(28-15-29-24)21-17-4-3-5-18(17)25(30-26(21)35-23)31-10-12-34-13-11-31/h6-7,14-15H,3-5,8-13H2,1-2H3,(H,27,28,29). The Morgan fingerprint density at radius 3 is 2.71 bits per heavy atom. The first-order chi connectivity index (χ1) is 17.3. The normalized spacial score (nSPS) is 15.5. The van der Waals surface area contributed by atoms with E-state index in [1.807, 2.05) is 12.1 Å². The second kappa shape index (κ2) is 9.47. The molecule has 0 unspecified atom stereocenters. The van der Waals surface area contributed by atoms with Gasteiger partial charge >= 0.3 is 0 Å². The zero-order valence-corrected chi connectivity index (χ0v) is 20.9. The summed E-state index contributed by atoms with van der Waals surface area (Å²) < 4.78 is 17.4. The van der Waals surface area contributed by atoms with Gasteiger partial charge in [-0.3, -0.25) is 0 Å². The van der Waals surface area contributed by atoms with Gasteiger partial charge in [-0.25, -0.2) is 15.0 Å². The van der Waals surface area contributed by atoms with Gasteiger partial charge in [-0.2, -0.15) is 0 Å². The third-order valence-corrected chi connectivity index (χ3v) is 7.99. The van der Waals surface area contributed by atoms with E-state index >= 15 is 0 Å². The first kappa shape index (κ1) is 22.3. The summed E-state index contributed by atoms with van der Waals surface area (Å²) in [6, 6.07) is 6.04. The molecular formula is C26H29N5O3S. The highest BCUT2D eigenvalue weighted by Gasteiger charge is 2.27. The summed E-state index contributed by atoms with van der Waals surface area (Å²) in [5.74, 6) is 3.51. The lowest BCUT2D eigenvalue weighted by Crippen LogP contribution is -2.37. The molecule has 2 aliphatic rings. The number of hydrogen-bond acceptors (Lipinski definition) is 9. The van der Waals surface area contributed by atoms with Gasteiger partial charge in [0.1, 0.15) is 22.8 Å². The molecule has 1 aliphatic heterocycles. The molecule has 9 heteroatoms. The van der Waals surface area contributed by atoms with Gasteiger partial charge in [0, 0.05) is 25.0 Å². The molecule has 1 fully saturated rings. The van der Waals surface area contributed by atoms with E-state index in [0.717, 1.165) is 90.3 Å². The van der Waals surface area contributed by atoms with Crippen LogP contribution in [-0.2, 0) is 24.0 Å². The lowest BCUT2D eigenvalue weighted by atomic mass is 10.1. The van der Waals surface area contributed by atoms with Crippen LogP contribution in [0.5, 0.6) is 11.5 Å². The summed E-state index contributed by atoms with van der Waals surface area (Å²) in [7, 11) is 3.31. The largest absolute Gasteiger partial charge is 0.493 e. The zero-order valence-electron chi connectivity index (χ0n) is 20.1. The van der Waals surface area contributed by atoms with Crippen LogP contribution in [0.4, 0.5) is 11.6 Å². The molecule has 35 heavy (non-hydrogen) atoms. The third-order valence-electron chi connectivity index (χ3n) is 6.91. The third kappa shape index (κ3) is 4.02.